The zero-order valence-corrected chi connectivity index (χ0v) is 25.4. The quantitative estimate of drug-likeness (QED) is 0.141. The van der Waals surface area contributed by atoms with Crippen molar-refractivity contribution >= 4 is 26.4 Å². The van der Waals surface area contributed by atoms with Crippen LogP contribution in [0.2, 0.25) is 0 Å². The van der Waals surface area contributed by atoms with E-state index in [1.807, 2.05) is 12.1 Å². The molecular weight excluding hydrogens is 540 g/mol. The number of hydrogen-bond acceptors (Lipinski definition) is 3. The van der Waals surface area contributed by atoms with Crippen molar-refractivity contribution in [1.82, 2.24) is 0 Å². The Morgan fingerprint density at radius 1 is 0.757 bits per heavy atom. The van der Waals surface area contributed by atoms with Crippen LogP contribution in [-0.4, -0.2) is 22.3 Å². The van der Waals surface area contributed by atoms with E-state index >= 15 is 0 Å². The standard InChI is InChI=1S/C32H33BrO3Si/c1-31(2,3)23-19-17-22(18-20-23)26-15-10-16-27(28-21-34-30(33)35-28)29(26)32(36-37,24-11-6-4-7-12-24)25-13-8-5-9-14-25/h4-20,28,30H,21H2,1-3,37H3. The second-order valence-electron chi connectivity index (χ2n) is 10.4. The lowest BCUT2D eigenvalue weighted by Gasteiger charge is -2.39. The van der Waals surface area contributed by atoms with Crippen LogP contribution in [0.15, 0.2) is 103 Å². The lowest BCUT2D eigenvalue weighted by atomic mass is 9.74. The molecule has 190 valence electrons. The van der Waals surface area contributed by atoms with E-state index in [1.54, 1.807) is 0 Å². The first-order valence-electron chi connectivity index (χ1n) is 12.7. The molecule has 0 spiro atoms. The van der Waals surface area contributed by atoms with E-state index < -0.39 is 10.8 Å². The van der Waals surface area contributed by atoms with Gasteiger partial charge in [-0.1, -0.05) is 124 Å². The maximum Gasteiger partial charge on any atom is 0.216 e. The van der Waals surface area contributed by atoms with Crippen molar-refractivity contribution in [2.75, 3.05) is 6.61 Å². The monoisotopic (exact) mass is 572 g/mol. The van der Waals surface area contributed by atoms with Gasteiger partial charge in [-0.3, -0.25) is 0 Å². The van der Waals surface area contributed by atoms with Crippen LogP contribution in [0.3, 0.4) is 0 Å². The molecule has 1 saturated heterocycles. The van der Waals surface area contributed by atoms with E-state index in [-0.39, 0.29) is 11.5 Å². The summed E-state index contributed by atoms with van der Waals surface area (Å²) in [4.78, 5) is 0. The summed E-state index contributed by atoms with van der Waals surface area (Å²) in [5.74, 6) is 0. The molecule has 4 aromatic carbocycles. The van der Waals surface area contributed by atoms with Crippen LogP contribution in [0.1, 0.15) is 54.7 Å². The minimum Gasteiger partial charge on any atom is -0.411 e. The zero-order chi connectivity index (χ0) is 26.0. The normalized spacial score (nSPS) is 18.3. The summed E-state index contributed by atoms with van der Waals surface area (Å²) in [6, 6.07) is 36.5. The maximum atomic E-state index is 6.79. The number of ether oxygens (including phenoxy) is 2. The lowest BCUT2D eigenvalue weighted by molar-refractivity contribution is 0.0190. The van der Waals surface area contributed by atoms with Crippen LogP contribution in [-0.2, 0) is 24.9 Å². The van der Waals surface area contributed by atoms with Gasteiger partial charge in [-0.25, -0.2) is 0 Å². The van der Waals surface area contributed by atoms with Gasteiger partial charge in [-0.15, -0.1) is 0 Å². The topological polar surface area (TPSA) is 27.7 Å². The molecular formula is C32H33BrO3Si. The summed E-state index contributed by atoms with van der Waals surface area (Å²) in [6.07, 6.45) is -0.225. The predicted molar refractivity (Wildman–Crippen MR) is 157 cm³/mol. The van der Waals surface area contributed by atoms with Gasteiger partial charge in [0.1, 0.15) is 22.2 Å². The molecule has 0 amide bonds. The summed E-state index contributed by atoms with van der Waals surface area (Å²) in [5, 5.41) is -0.431. The van der Waals surface area contributed by atoms with E-state index in [0.717, 1.165) is 33.4 Å². The van der Waals surface area contributed by atoms with Crippen LogP contribution in [0.25, 0.3) is 11.1 Å². The van der Waals surface area contributed by atoms with Gasteiger partial charge in [0, 0.05) is 5.56 Å². The molecule has 5 rings (SSSR count). The second-order valence-corrected chi connectivity index (χ2v) is 11.6. The average Bonchev–Trinajstić information content (AvgIpc) is 3.36. The van der Waals surface area contributed by atoms with Crippen molar-refractivity contribution in [3.05, 3.63) is 131 Å². The third-order valence-electron chi connectivity index (χ3n) is 7.17. The van der Waals surface area contributed by atoms with Crippen molar-refractivity contribution in [3.8, 4) is 11.1 Å². The van der Waals surface area contributed by atoms with Crippen LogP contribution in [0, 0.1) is 0 Å². The molecule has 37 heavy (non-hydrogen) atoms. The number of rotatable bonds is 6. The van der Waals surface area contributed by atoms with Crippen molar-refractivity contribution in [1.29, 1.82) is 0 Å². The summed E-state index contributed by atoms with van der Waals surface area (Å²) < 4.78 is 18.8. The molecule has 3 nitrogen and oxygen atoms in total. The minimum atomic E-state index is -0.808. The molecule has 4 aromatic rings. The molecule has 1 fully saturated rings. The van der Waals surface area contributed by atoms with Crippen molar-refractivity contribution in [2.45, 2.75) is 43.1 Å². The number of alkyl halides is 1. The van der Waals surface area contributed by atoms with Crippen molar-refractivity contribution in [3.63, 3.8) is 0 Å². The van der Waals surface area contributed by atoms with Crippen LogP contribution in [0.4, 0.5) is 0 Å². The number of benzene rings is 4. The molecule has 0 radical (unpaired) electrons. The van der Waals surface area contributed by atoms with Crippen LogP contribution < -0.4 is 0 Å². The van der Waals surface area contributed by atoms with Crippen molar-refractivity contribution in [2.24, 2.45) is 0 Å². The fourth-order valence-electron chi connectivity index (χ4n) is 5.29. The molecule has 0 N–H and O–H groups in total. The minimum absolute atomic E-state index is 0.0824. The van der Waals surface area contributed by atoms with Crippen LogP contribution >= 0.6 is 15.9 Å². The molecule has 5 heteroatoms. The Balaban J connectivity index is 1.83. The Hall–Kier alpha value is -2.54. The Labute approximate surface area is 231 Å². The zero-order valence-electron chi connectivity index (χ0n) is 21.8. The maximum absolute atomic E-state index is 6.79. The summed E-state index contributed by atoms with van der Waals surface area (Å²) in [5.41, 5.74) is 7.20. The first kappa shape index (κ1) is 26.1. The van der Waals surface area contributed by atoms with Gasteiger partial charge in [0.15, 0.2) is 0 Å². The van der Waals surface area contributed by atoms with E-state index in [1.165, 1.54) is 5.56 Å². The lowest BCUT2D eigenvalue weighted by Crippen LogP contribution is -2.34. The largest absolute Gasteiger partial charge is 0.411 e. The highest BCUT2D eigenvalue weighted by Crippen LogP contribution is 2.48. The summed E-state index contributed by atoms with van der Waals surface area (Å²) >= 11 is 3.48. The Morgan fingerprint density at radius 2 is 1.35 bits per heavy atom. The molecule has 0 aromatic heterocycles. The summed E-state index contributed by atoms with van der Waals surface area (Å²) in [7, 11) is 0.530. The van der Waals surface area contributed by atoms with Gasteiger partial charge in [0.2, 0.25) is 5.20 Å². The fourth-order valence-corrected chi connectivity index (χ4v) is 6.38. The molecule has 1 heterocycles. The van der Waals surface area contributed by atoms with Crippen molar-refractivity contribution < 1.29 is 13.9 Å². The first-order valence-corrected chi connectivity index (χ1v) is 14.4. The molecule has 2 atom stereocenters. The highest BCUT2D eigenvalue weighted by Gasteiger charge is 2.42. The first-order chi connectivity index (χ1) is 17.8. The number of halogens is 1. The Kier molecular flexibility index (Phi) is 7.53. The Morgan fingerprint density at radius 3 is 1.84 bits per heavy atom. The molecule has 1 aliphatic rings. The smallest absolute Gasteiger partial charge is 0.216 e. The Bertz CT molecular complexity index is 1290. The predicted octanol–water partition coefficient (Wildman–Crippen LogP) is 7.01. The fraction of sp³-hybridized carbons (Fsp3) is 0.250. The van der Waals surface area contributed by atoms with Gasteiger partial charge >= 0.3 is 0 Å². The van der Waals surface area contributed by atoms with Gasteiger partial charge < -0.3 is 13.9 Å². The average molecular weight is 574 g/mol. The molecule has 0 saturated carbocycles. The van der Waals surface area contributed by atoms with E-state index in [4.69, 9.17) is 13.9 Å². The van der Waals surface area contributed by atoms with E-state index in [0.29, 0.717) is 17.1 Å². The van der Waals surface area contributed by atoms with Gasteiger partial charge in [-0.2, -0.15) is 0 Å². The third-order valence-corrected chi connectivity index (χ3v) is 8.27. The van der Waals surface area contributed by atoms with Gasteiger partial charge in [0.05, 0.1) is 6.61 Å². The van der Waals surface area contributed by atoms with Gasteiger partial charge in [0.25, 0.3) is 0 Å². The van der Waals surface area contributed by atoms with Crippen LogP contribution in [0.5, 0.6) is 0 Å². The molecule has 0 aliphatic carbocycles. The van der Waals surface area contributed by atoms with Gasteiger partial charge in [-0.05, 0) is 54.7 Å². The molecule has 0 bridgehead atoms. The molecule has 2 unspecified atom stereocenters. The highest BCUT2D eigenvalue weighted by molar-refractivity contribution is 9.09. The highest BCUT2D eigenvalue weighted by atomic mass is 79.9. The SMILES string of the molecule is CC(C)(C)c1ccc(-c2cccc(C3COC(Br)O3)c2C(O[SiH3])(c2ccccc2)c2ccccc2)cc1. The second kappa shape index (κ2) is 10.7. The third kappa shape index (κ3) is 4.99. The molecule has 1 aliphatic heterocycles. The van der Waals surface area contributed by atoms with E-state index in [9.17, 15) is 0 Å². The number of hydrogen-bond donors (Lipinski definition) is 0. The summed E-state index contributed by atoms with van der Waals surface area (Å²) in [6.45, 7) is 7.20. The van der Waals surface area contributed by atoms with E-state index in [2.05, 4.69) is 128 Å².